The fourth-order valence-corrected chi connectivity index (χ4v) is 8.18. The fraction of sp³-hybridized carbons (Fsp3) is 0.372. The van der Waals surface area contributed by atoms with Crippen molar-refractivity contribution in [1.82, 2.24) is 19.8 Å². The van der Waals surface area contributed by atoms with E-state index in [1.54, 1.807) is 5.57 Å². The molecular weight excluding hydrogens is 640 g/mol. The van der Waals surface area contributed by atoms with Gasteiger partial charge in [-0.15, -0.1) is 0 Å². The summed E-state index contributed by atoms with van der Waals surface area (Å²) in [4.78, 5) is 25.8. The van der Waals surface area contributed by atoms with E-state index >= 15 is 0 Å². The molecule has 0 radical (unpaired) electrons. The second kappa shape index (κ2) is 15.3. The Kier molecular flexibility index (Phi) is 10.5. The van der Waals surface area contributed by atoms with E-state index in [0.29, 0.717) is 19.7 Å². The van der Waals surface area contributed by atoms with Crippen molar-refractivity contribution in [2.45, 2.75) is 65.2 Å². The number of hydrogen-bond donors (Lipinski definition) is 0. The summed E-state index contributed by atoms with van der Waals surface area (Å²) < 4.78 is 5.17. The molecule has 0 bridgehead atoms. The molecule has 2 aromatic carbocycles. The molecule has 4 heterocycles. The number of amides is 1. The van der Waals surface area contributed by atoms with E-state index in [0.717, 1.165) is 75.2 Å². The standard InChI is InChI=1S/C23H26N2O2.C20H21ClN2/c1-3-27-23(26)25-13-10-17(11-14-25)21-20-9-6-16(2)15-19(20)8-7-18-5-4-12-24-22(18)21;1-23-11-8-14(9-12-23)19-18-7-6-17(21)13-16(18)5-4-15-3-2-10-22-20(15)19/h4-6,9,12,15H,3,7-8,10-11,13-14H2,1-2H3;2-3,6-7,10,13H,4-5,8-9,11-12H2,1H3. The summed E-state index contributed by atoms with van der Waals surface area (Å²) in [6, 6.07) is 21.6. The molecule has 4 aliphatic rings. The first-order valence-electron chi connectivity index (χ1n) is 18.2. The Balaban J connectivity index is 0.000000159. The first kappa shape index (κ1) is 34.2. The zero-order valence-electron chi connectivity index (χ0n) is 29.6. The predicted octanol–water partition coefficient (Wildman–Crippen LogP) is 8.90. The molecule has 4 aromatic rings. The summed E-state index contributed by atoms with van der Waals surface area (Å²) in [6.07, 6.45) is 11.8. The molecule has 6 nitrogen and oxygen atoms in total. The smallest absolute Gasteiger partial charge is 0.409 e. The molecule has 258 valence electrons. The Labute approximate surface area is 301 Å². The molecule has 8 rings (SSSR count). The number of aromatic nitrogens is 2. The van der Waals surface area contributed by atoms with Crippen LogP contribution < -0.4 is 0 Å². The summed E-state index contributed by atoms with van der Waals surface area (Å²) >= 11 is 6.26. The van der Waals surface area contributed by atoms with Crippen molar-refractivity contribution in [2.24, 2.45) is 0 Å². The largest absolute Gasteiger partial charge is 0.450 e. The highest BCUT2D eigenvalue weighted by Crippen LogP contribution is 2.39. The van der Waals surface area contributed by atoms with Gasteiger partial charge >= 0.3 is 6.09 Å². The van der Waals surface area contributed by atoms with E-state index in [-0.39, 0.29) is 6.09 Å². The molecule has 7 heteroatoms. The molecule has 0 saturated carbocycles. The van der Waals surface area contributed by atoms with E-state index in [1.165, 1.54) is 61.4 Å². The number of carbonyl (C=O) groups is 1. The molecule has 0 atom stereocenters. The van der Waals surface area contributed by atoms with Crippen molar-refractivity contribution in [1.29, 1.82) is 0 Å². The number of pyridine rings is 2. The van der Waals surface area contributed by atoms with Gasteiger partial charge in [0.25, 0.3) is 0 Å². The van der Waals surface area contributed by atoms with Gasteiger partial charge in [0.15, 0.2) is 0 Å². The Morgan fingerprint density at radius 1 is 0.700 bits per heavy atom. The molecule has 1 amide bonds. The predicted molar refractivity (Wildman–Crippen MR) is 203 cm³/mol. The minimum Gasteiger partial charge on any atom is -0.450 e. The Bertz CT molecular complexity index is 1940. The number of carbonyl (C=O) groups excluding carboxylic acids is 1. The quantitative estimate of drug-likeness (QED) is 0.200. The van der Waals surface area contributed by atoms with Crippen molar-refractivity contribution >= 4 is 28.8 Å². The Hall–Kier alpha value is -4.26. The molecular formula is C43H47ClN4O2. The Morgan fingerprint density at radius 3 is 1.80 bits per heavy atom. The van der Waals surface area contributed by atoms with E-state index < -0.39 is 0 Å². The van der Waals surface area contributed by atoms with Crippen molar-refractivity contribution < 1.29 is 9.53 Å². The van der Waals surface area contributed by atoms with Gasteiger partial charge in [-0.2, -0.15) is 0 Å². The number of benzene rings is 2. The molecule has 0 unspecified atom stereocenters. The second-order valence-electron chi connectivity index (χ2n) is 13.9. The molecule has 0 N–H and O–H groups in total. The average Bonchev–Trinajstić information content (AvgIpc) is 3.40. The number of rotatable bonds is 1. The molecule has 0 spiro atoms. The maximum absolute atomic E-state index is 12.0. The van der Waals surface area contributed by atoms with E-state index in [1.807, 2.05) is 36.4 Å². The van der Waals surface area contributed by atoms with Crippen LogP contribution in [0.4, 0.5) is 4.79 Å². The first-order valence-corrected chi connectivity index (χ1v) is 18.6. The zero-order chi connectivity index (χ0) is 34.6. The number of nitrogens with zero attached hydrogens (tertiary/aromatic N) is 4. The highest BCUT2D eigenvalue weighted by atomic mass is 35.5. The van der Waals surface area contributed by atoms with Gasteiger partial charge in [0.2, 0.25) is 0 Å². The van der Waals surface area contributed by atoms with Crippen LogP contribution in [0, 0.1) is 6.92 Å². The van der Waals surface area contributed by atoms with E-state index in [2.05, 4.69) is 67.4 Å². The van der Waals surface area contributed by atoms with Gasteiger partial charge in [0.1, 0.15) is 0 Å². The van der Waals surface area contributed by atoms with Crippen LogP contribution in [0.15, 0.2) is 84.2 Å². The van der Waals surface area contributed by atoms with Crippen LogP contribution in [0.25, 0.3) is 11.1 Å². The topological polar surface area (TPSA) is 58.6 Å². The van der Waals surface area contributed by atoms with Crippen LogP contribution >= 0.6 is 11.6 Å². The number of fused-ring (bicyclic) bond motifs is 4. The molecule has 2 aliphatic carbocycles. The van der Waals surface area contributed by atoms with Crippen LogP contribution in [-0.2, 0) is 30.4 Å². The van der Waals surface area contributed by atoms with Gasteiger partial charge < -0.3 is 14.5 Å². The molecule has 50 heavy (non-hydrogen) atoms. The average molecular weight is 687 g/mol. The van der Waals surface area contributed by atoms with Crippen molar-refractivity contribution in [2.75, 3.05) is 39.8 Å². The lowest BCUT2D eigenvalue weighted by atomic mass is 9.88. The number of aryl methyl sites for hydroxylation is 5. The highest BCUT2D eigenvalue weighted by Gasteiger charge is 2.27. The maximum Gasteiger partial charge on any atom is 0.409 e. The van der Waals surface area contributed by atoms with Gasteiger partial charge in [0, 0.05) is 54.7 Å². The fourth-order valence-electron chi connectivity index (χ4n) is 7.99. The number of likely N-dealkylation sites (tertiary alicyclic amines) is 2. The van der Waals surface area contributed by atoms with Gasteiger partial charge in [0.05, 0.1) is 18.0 Å². The minimum absolute atomic E-state index is 0.197. The van der Waals surface area contributed by atoms with Crippen molar-refractivity contribution in [3.8, 4) is 0 Å². The SMILES string of the molecule is CCOC(=O)N1CCC(=C2c3ccc(C)cc3CCc3cccnc32)CC1.CN1CCC(=C2c3ccc(Cl)cc3CCc3cccnc32)CC1. The third-order valence-electron chi connectivity index (χ3n) is 10.6. The third kappa shape index (κ3) is 7.28. The molecule has 2 aromatic heterocycles. The molecule has 2 saturated heterocycles. The monoisotopic (exact) mass is 686 g/mol. The van der Waals surface area contributed by atoms with Crippen LogP contribution in [0.5, 0.6) is 0 Å². The Morgan fingerprint density at radius 2 is 1.22 bits per heavy atom. The first-order chi connectivity index (χ1) is 24.4. The lowest BCUT2D eigenvalue weighted by Gasteiger charge is -2.29. The minimum atomic E-state index is -0.197. The zero-order valence-corrected chi connectivity index (χ0v) is 30.4. The van der Waals surface area contributed by atoms with E-state index in [9.17, 15) is 4.79 Å². The molecule has 2 fully saturated rings. The number of ether oxygens (including phenoxy) is 1. The summed E-state index contributed by atoms with van der Waals surface area (Å²) in [6.45, 7) is 8.10. The van der Waals surface area contributed by atoms with Crippen molar-refractivity contribution in [3.63, 3.8) is 0 Å². The third-order valence-corrected chi connectivity index (χ3v) is 10.9. The lowest BCUT2D eigenvalue weighted by Crippen LogP contribution is -2.37. The summed E-state index contributed by atoms with van der Waals surface area (Å²) in [5.74, 6) is 0. The second-order valence-corrected chi connectivity index (χ2v) is 14.4. The highest BCUT2D eigenvalue weighted by molar-refractivity contribution is 6.30. The summed E-state index contributed by atoms with van der Waals surface area (Å²) in [5.41, 5.74) is 17.3. The van der Waals surface area contributed by atoms with Gasteiger partial charge in [-0.25, -0.2) is 4.79 Å². The van der Waals surface area contributed by atoms with Gasteiger partial charge in [-0.1, -0.05) is 64.7 Å². The number of hydrogen-bond acceptors (Lipinski definition) is 5. The summed E-state index contributed by atoms with van der Waals surface area (Å²) in [7, 11) is 2.20. The van der Waals surface area contributed by atoms with Crippen molar-refractivity contribution in [3.05, 3.63) is 140 Å². The van der Waals surface area contributed by atoms with Crippen LogP contribution in [0.2, 0.25) is 5.02 Å². The van der Waals surface area contributed by atoms with Crippen LogP contribution in [-0.4, -0.2) is 65.7 Å². The molecule has 2 aliphatic heterocycles. The number of halogens is 1. The van der Waals surface area contributed by atoms with Gasteiger partial charge in [-0.05, 0) is 130 Å². The van der Waals surface area contributed by atoms with Crippen LogP contribution in [0.3, 0.4) is 0 Å². The number of piperidine rings is 2. The lowest BCUT2D eigenvalue weighted by molar-refractivity contribution is 0.104. The van der Waals surface area contributed by atoms with Crippen LogP contribution in [0.1, 0.15) is 82.9 Å². The van der Waals surface area contributed by atoms with E-state index in [4.69, 9.17) is 26.3 Å². The maximum atomic E-state index is 12.0. The normalized spacial score (nSPS) is 17.3. The van der Waals surface area contributed by atoms with Gasteiger partial charge in [-0.3, -0.25) is 9.97 Å². The summed E-state index contributed by atoms with van der Waals surface area (Å²) in [5, 5.41) is 0.829.